The second-order valence-corrected chi connectivity index (χ2v) is 4.26. The average Bonchev–Trinajstić information content (AvgIpc) is 2.66. The lowest BCUT2D eigenvalue weighted by molar-refractivity contribution is 0.554. The molecule has 0 aliphatic rings. The van der Waals surface area contributed by atoms with Crippen LogP contribution in [-0.4, -0.2) is 4.98 Å². The summed E-state index contributed by atoms with van der Waals surface area (Å²) in [7, 11) is 0. The molecule has 0 N–H and O–H groups in total. The number of hydrogen-bond donors (Lipinski definition) is 0. The smallest absolute Gasteiger partial charge is 0.226 e. The Labute approximate surface area is 91.3 Å². The zero-order chi connectivity index (χ0) is 11.5. The van der Waals surface area contributed by atoms with Crippen LogP contribution in [0.4, 0.5) is 0 Å². The monoisotopic (exact) mass is 205 g/mol. The van der Waals surface area contributed by atoms with E-state index >= 15 is 0 Å². The summed E-state index contributed by atoms with van der Waals surface area (Å²) in [6.45, 7) is 10.4. The largest absolute Gasteiger partial charge is 0.446 e. The van der Waals surface area contributed by atoms with Gasteiger partial charge in [0.05, 0.1) is 6.26 Å². The Morgan fingerprint density at radius 1 is 1.07 bits per heavy atom. The van der Waals surface area contributed by atoms with Crippen molar-refractivity contribution in [2.75, 3.05) is 0 Å². The molecule has 0 fully saturated rings. The van der Waals surface area contributed by atoms with Gasteiger partial charge < -0.3 is 4.42 Å². The van der Waals surface area contributed by atoms with Gasteiger partial charge in [-0.05, 0) is 18.2 Å². The summed E-state index contributed by atoms with van der Waals surface area (Å²) in [4.78, 5) is 4.44. The molecule has 0 saturated heterocycles. The number of nitrogens with zero attached hydrogens (tertiary/aromatic N) is 1. The Hall–Kier alpha value is -1.31. The molecule has 0 amide bonds. The summed E-state index contributed by atoms with van der Waals surface area (Å²) in [5, 5.41) is 1.06. The second kappa shape index (κ2) is 4.47. The molecule has 2 rings (SSSR count). The molecule has 2 aromatic rings. The van der Waals surface area contributed by atoms with Gasteiger partial charge in [0.2, 0.25) is 5.71 Å². The van der Waals surface area contributed by atoms with Gasteiger partial charge in [0, 0.05) is 16.5 Å². The molecule has 2 aromatic heterocycles. The lowest BCUT2D eigenvalue weighted by atomic mass is 9.91. The molecule has 0 saturated carbocycles. The van der Waals surface area contributed by atoms with Crippen LogP contribution in [-0.2, 0) is 5.41 Å². The predicted molar refractivity (Wildman–Crippen MR) is 64.1 cm³/mol. The zero-order valence-corrected chi connectivity index (χ0v) is 10.2. The highest BCUT2D eigenvalue weighted by Crippen LogP contribution is 2.22. The first-order valence-electron chi connectivity index (χ1n) is 5.42. The Bertz CT molecular complexity index is 423. The Kier molecular flexibility index (Phi) is 3.51. The maximum absolute atomic E-state index is 5.24. The minimum atomic E-state index is 0.0843. The molecule has 0 radical (unpaired) electrons. The Morgan fingerprint density at radius 2 is 1.73 bits per heavy atom. The highest BCUT2D eigenvalue weighted by Gasteiger charge is 2.15. The lowest BCUT2D eigenvalue weighted by Gasteiger charge is -2.16. The summed E-state index contributed by atoms with van der Waals surface area (Å²) in [5.41, 5.74) is 1.88. The summed E-state index contributed by atoms with van der Waals surface area (Å²) < 4.78 is 5.24. The molecule has 2 heterocycles. The van der Waals surface area contributed by atoms with Crippen LogP contribution in [0.2, 0.25) is 0 Å². The molecule has 0 aromatic carbocycles. The van der Waals surface area contributed by atoms with Crippen LogP contribution in [0.3, 0.4) is 0 Å². The molecular weight excluding hydrogens is 186 g/mol. The van der Waals surface area contributed by atoms with Gasteiger partial charge in [-0.2, -0.15) is 0 Å². The average molecular weight is 205 g/mol. The Balaban J connectivity index is 0.000000531. The van der Waals surface area contributed by atoms with Crippen molar-refractivity contribution in [2.45, 2.75) is 40.0 Å². The fourth-order valence-electron chi connectivity index (χ4n) is 1.26. The quantitative estimate of drug-likeness (QED) is 0.645. The van der Waals surface area contributed by atoms with Gasteiger partial charge in [0.25, 0.3) is 0 Å². The first-order valence-corrected chi connectivity index (χ1v) is 5.42. The molecule has 82 valence electrons. The molecule has 0 unspecified atom stereocenters. The third-order valence-electron chi connectivity index (χ3n) is 2.09. The third kappa shape index (κ3) is 2.58. The zero-order valence-electron chi connectivity index (χ0n) is 10.2. The van der Waals surface area contributed by atoms with Crippen LogP contribution >= 0.6 is 0 Å². The summed E-state index contributed by atoms with van der Waals surface area (Å²) in [6, 6.07) is 6.03. The number of pyridine rings is 1. The van der Waals surface area contributed by atoms with E-state index in [1.165, 1.54) is 0 Å². The number of aromatic nitrogens is 1. The molecule has 0 spiro atoms. The molecule has 0 aliphatic carbocycles. The van der Waals surface area contributed by atoms with Crippen LogP contribution in [0.1, 0.15) is 40.3 Å². The number of rotatable bonds is 0. The van der Waals surface area contributed by atoms with Gasteiger partial charge in [-0.1, -0.05) is 34.6 Å². The third-order valence-corrected chi connectivity index (χ3v) is 2.09. The molecular formula is C13H19NO. The minimum Gasteiger partial charge on any atom is -0.446 e. The second-order valence-electron chi connectivity index (χ2n) is 4.26. The summed E-state index contributed by atoms with van der Waals surface area (Å²) in [5.74, 6) is 0. The van der Waals surface area contributed by atoms with Crippen molar-refractivity contribution in [2.24, 2.45) is 0 Å². The van der Waals surface area contributed by atoms with Crippen molar-refractivity contribution in [1.29, 1.82) is 0 Å². The van der Waals surface area contributed by atoms with Crippen LogP contribution in [0.15, 0.2) is 28.9 Å². The SMILES string of the molecule is CC.CC(C)(C)c1ccc2ccoc2n1. The van der Waals surface area contributed by atoms with Gasteiger partial charge in [-0.15, -0.1) is 0 Å². The van der Waals surface area contributed by atoms with Crippen LogP contribution < -0.4 is 0 Å². The van der Waals surface area contributed by atoms with E-state index in [-0.39, 0.29) is 5.41 Å². The van der Waals surface area contributed by atoms with E-state index in [0.29, 0.717) is 0 Å². The lowest BCUT2D eigenvalue weighted by Crippen LogP contribution is -2.12. The summed E-state index contributed by atoms with van der Waals surface area (Å²) in [6.07, 6.45) is 1.67. The molecule has 2 nitrogen and oxygen atoms in total. The van der Waals surface area contributed by atoms with E-state index in [4.69, 9.17) is 4.42 Å². The van der Waals surface area contributed by atoms with Crippen molar-refractivity contribution in [1.82, 2.24) is 4.98 Å². The summed E-state index contributed by atoms with van der Waals surface area (Å²) >= 11 is 0. The van der Waals surface area contributed by atoms with Crippen molar-refractivity contribution in [3.05, 3.63) is 30.2 Å². The fraction of sp³-hybridized carbons (Fsp3) is 0.462. The van der Waals surface area contributed by atoms with Gasteiger partial charge in [0.1, 0.15) is 0 Å². The van der Waals surface area contributed by atoms with E-state index < -0.39 is 0 Å². The van der Waals surface area contributed by atoms with Gasteiger partial charge >= 0.3 is 0 Å². The van der Waals surface area contributed by atoms with E-state index in [0.717, 1.165) is 16.8 Å². The molecule has 15 heavy (non-hydrogen) atoms. The van der Waals surface area contributed by atoms with E-state index in [1.54, 1.807) is 6.26 Å². The Morgan fingerprint density at radius 3 is 2.33 bits per heavy atom. The van der Waals surface area contributed by atoms with Crippen LogP contribution in [0, 0.1) is 0 Å². The van der Waals surface area contributed by atoms with Gasteiger partial charge in [-0.25, -0.2) is 4.98 Å². The van der Waals surface area contributed by atoms with Crippen LogP contribution in [0.5, 0.6) is 0 Å². The maximum atomic E-state index is 5.24. The van der Waals surface area contributed by atoms with E-state index in [2.05, 4.69) is 31.8 Å². The molecule has 0 aliphatic heterocycles. The highest BCUT2D eigenvalue weighted by atomic mass is 16.3. The normalized spacial score (nSPS) is 11.0. The maximum Gasteiger partial charge on any atom is 0.226 e. The fourth-order valence-corrected chi connectivity index (χ4v) is 1.26. The van der Waals surface area contributed by atoms with Gasteiger partial charge in [0.15, 0.2) is 0 Å². The van der Waals surface area contributed by atoms with Crippen molar-refractivity contribution in [3.63, 3.8) is 0 Å². The van der Waals surface area contributed by atoms with Crippen molar-refractivity contribution >= 4 is 11.1 Å². The topological polar surface area (TPSA) is 26.0 Å². The molecule has 2 heteroatoms. The standard InChI is InChI=1S/C11H13NO.C2H6/c1-11(2,3)9-5-4-8-6-7-13-10(8)12-9;1-2/h4-7H,1-3H3;1-2H3. The van der Waals surface area contributed by atoms with Gasteiger partial charge in [-0.3, -0.25) is 0 Å². The highest BCUT2D eigenvalue weighted by molar-refractivity contribution is 5.73. The predicted octanol–water partition coefficient (Wildman–Crippen LogP) is 4.15. The number of hydrogen-bond acceptors (Lipinski definition) is 2. The first-order chi connectivity index (χ1) is 7.07. The first kappa shape index (κ1) is 11.8. The van der Waals surface area contributed by atoms with Crippen molar-refractivity contribution < 1.29 is 4.42 Å². The van der Waals surface area contributed by atoms with Crippen LogP contribution in [0.25, 0.3) is 11.1 Å². The van der Waals surface area contributed by atoms with E-state index in [1.807, 2.05) is 26.0 Å². The molecule has 0 bridgehead atoms. The number of fused-ring (bicyclic) bond motifs is 1. The minimum absolute atomic E-state index is 0.0843. The van der Waals surface area contributed by atoms with E-state index in [9.17, 15) is 0 Å². The van der Waals surface area contributed by atoms with Crippen molar-refractivity contribution in [3.8, 4) is 0 Å². The number of furan rings is 1. The molecule has 0 atom stereocenters.